The predicted molar refractivity (Wildman–Crippen MR) is 121 cm³/mol. The van der Waals surface area contributed by atoms with E-state index in [-0.39, 0.29) is 25.9 Å². The summed E-state index contributed by atoms with van der Waals surface area (Å²) in [6, 6.07) is -4.36. The van der Waals surface area contributed by atoms with Crippen molar-refractivity contribution in [3.63, 3.8) is 0 Å². The van der Waals surface area contributed by atoms with E-state index in [0.29, 0.717) is 6.42 Å². The summed E-state index contributed by atoms with van der Waals surface area (Å²) in [5.74, 6) is -1.84. The second kappa shape index (κ2) is 13.3. The molecule has 1 saturated heterocycles. The van der Waals surface area contributed by atoms with E-state index >= 15 is 0 Å². The number of aliphatic hydroxyl groups is 7. The number of aliphatic hydroxyl groups excluding tert-OH is 7. The van der Waals surface area contributed by atoms with Gasteiger partial charge in [-0.15, -0.1) is 0 Å². The van der Waals surface area contributed by atoms with E-state index in [1.165, 1.54) is 7.05 Å². The Balaban J connectivity index is 2.06. The highest BCUT2D eigenvalue weighted by Crippen LogP contribution is 2.28. The Morgan fingerprint density at radius 1 is 1.06 bits per heavy atom. The van der Waals surface area contributed by atoms with Gasteiger partial charge in [0.15, 0.2) is 12.0 Å². The monoisotopic (exact) mass is 511 g/mol. The van der Waals surface area contributed by atoms with Crippen LogP contribution in [-0.2, 0) is 14.2 Å². The van der Waals surface area contributed by atoms with Crippen LogP contribution in [0.15, 0.2) is 11.7 Å². The van der Waals surface area contributed by atoms with E-state index in [1.54, 1.807) is 0 Å². The number of rotatable bonds is 11. The summed E-state index contributed by atoms with van der Waals surface area (Å²) >= 11 is 0. The van der Waals surface area contributed by atoms with Gasteiger partial charge in [0.1, 0.15) is 18.3 Å². The van der Waals surface area contributed by atoms with Crippen molar-refractivity contribution < 1.29 is 50.0 Å². The van der Waals surface area contributed by atoms with Crippen LogP contribution in [0.2, 0.25) is 0 Å². The number of nitrogens with two attached hydrogens (primary N) is 4. The standard InChI is InChI=1S/C20H41N5O10/c1-25-12(18(31)35-19(32)14(28)7(21)4-5-26)15(29)11-3-2-8(22)20(33-11)34-17-10(24)6-9(23)13(27)16(17)30/h7-13,15-18,20,25-32H,2-6,21-24H2,1H3/b19-14-/t7-,8?,9-,10?,11?,12?,13?,15?,16-,17-,18?,20-/m1/s1. The van der Waals surface area contributed by atoms with Gasteiger partial charge in [-0.25, -0.2) is 0 Å². The van der Waals surface area contributed by atoms with Crippen LogP contribution < -0.4 is 28.3 Å². The molecule has 0 amide bonds. The minimum Gasteiger partial charge on any atom is -0.505 e. The number of ether oxygens (including phenoxy) is 3. The molecule has 15 nitrogen and oxygen atoms in total. The van der Waals surface area contributed by atoms with Crippen LogP contribution in [0.4, 0.5) is 0 Å². The van der Waals surface area contributed by atoms with Gasteiger partial charge in [-0.1, -0.05) is 0 Å². The number of hydrogen-bond donors (Lipinski definition) is 12. The van der Waals surface area contributed by atoms with Crippen LogP contribution >= 0.6 is 0 Å². The van der Waals surface area contributed by atoms with Crippen LogP contribution in [-0.4, -0.2) is 123 Å². The number of hydrogen-bond acceptors (Lipinski definition) is 15. The zero-order valence-electron chi connectivity index (χ0n) is 19.6. The molecule has 0 bridgehead atoms. The van der Waals surface area contributed by atoms with Gasteiger partial charge in [-0.2, -0.15) is 0 Å². The quantitative estimate of drug-likeness (QED) is 0.0915. The molecule has 15 heteroatoms. The van der Waals surface area contributed by atoms with Gasteiger partial charge in [0, 0.05) is 18.7 Å². The minimum absolute atomic E-state index is 0.0622. The fourth-order valence-corrected chi connectivity index (χ4v) is 4.24. The van der Waals surface area contributed by atoms with Gasteiger partial charge >= 0.3 is 5.95 Å². The number of nitrogens with one attached hydrogen (secondary N) is 1. The predicted octanol–water partition coefficient (Wildman–Crippen LogP) is -4.74. The van der Waals surface area contributed by atoms with Crippen molar-refractivity contribution in [1.82, 2.24) is 5.32 Å². The normalized spacial score (nSPS) is 38.2. The van der Waals surface area contributed by atoms with Crippen molar-refractivity contribution >= 4 is 0 Å². The maximum absolute atomic E-state index is 10.9. The molecule has 12 atom stereocenters. The Hall–Kier alpha value is -1.34. The van der Waals surface area contributed by atoms with Crippen molar-refractivity contribution in [3.05, 3.63) is 11.7 Å². The zero-order valence-corrected chi connectivity index (χ0v) is 19.6. The summed E-state index contributed by atoms with van der Waals surface area (Å²) in [6.07, 6.45) is -8.13. The summed E-state index contributed by atoms with van der Waals surface area (Å²) in [4.78, 5) is 0. The molecule has 16 N–H and O–H groups in total. The third kappa shape index (κ3) is 7.34. The molecule has 35 heavy (non-hydrogen) atoms. The van der Waals surface area contributed by atoms with Crippen LogP contribution in [0.5, 0.6) is 0 Å². The lowest BCUT2D eigenvalue weighted by Gasteiger charge is -2.44. The first kappa shape index (κ1) is 29.9. The Labute approximate surface area is 203 Å². The second-order valence-corrected chi connectivity index (χ2v) is 9.05. The highest BCUT2D eigenvalue weighted by Gasteiger charge is 2.45. The molecule has 2 aliphatic rings. The highest BCUT2D eigenvalue weighted by molar-refractivity contribution is 5.02. The molecule has 0 aromatic heterocycles. The average Bonchev–Trinajstić information content (AvgIpc) is 2.81. The van der Waals surface area contributed by atoms with E-state index in [4.69, 9.17) is 42.3 Å². The van der Waals surface area contributed by atoms with Crippen LogP contribution in [0.1, 0.15) is 25.7 Å². The molecule has 1 aliphatic heterocycles. The molecule has 0 aromatic rings. The van der Waals surface area contributed by atoms with Crippen LogP contribution in [0.25, 0.3) is 0 Å². The van der Waals surface area contributed by atoms with Crippen molar-refractivity contribution in [1.29, 1.82) is 0 Å². The molecule has 206 valence electrons. The fraction of sp³-hybridized carbons (Fsp3) is 0.900. The smallest absolute Gasteiger partial charge is 0.320 e. The van der Waals surface area contributed by atoms with Gasteiger partial charge in [0.2, 0.25) is 6.29 Å². The van der Waals surface area contributed by atoms with Crippen molar-refractivity contribution in [2.75, 3.05) is 13.7 Å². The lowest BCUT2D eigenvalue weighted by Crippen LogP contribution is -2.64. The Morgan fingerprint density at radius 3 is 2.31 bits per heavy atom. The first-order valence-corrected chi connectivity index (χ1v) is 11.5. The molecular weight excluding hydrogens is 470 g/mol. The van der Waals surface area contributed by atoms with E-state index in [9.17, 15) is 30.6 Å². The molecular formula is C20H41N5O10. The van der Waals surface area contributed by atoms with Crippen LogP contribution in [0, 0.1) is 0 Å². The van der Waals surface area contributed by atoms with E-state index in [2.05, 4.69) is 5.32 Å². The summed E-state index contributed by atoms with van der Waals surface area (Å²) in [5.41, 5.74) is 23.5. The number of likely N-dealkylation sites (N-methyl/N-ethyl adjacent to an activating group) is 1. The summed E-state index contributed by atoms with van der Waals surface area (Å²) < 4.78 is 16.6. The van der Waals surface area contributed by atoms with Crippen molar-refractivity contribution in [2.24, 2.45) is 22.9 Å². The SMILES string of the molecule is CNC(C(O)O/C(O)=C(\O)[C@H](N)CCO)C(O)C1CCC(N)[C@@H](O[C@@H]2C(N)C[C@@H](N)C(O)[C@H]2O)O1. The van der Waals surface area contributed by atoms with Crippen LogP contribution in [0.3, 0.4) is 0 Å². The molecule has 1 saturated carbocycles. The van der Waals surface area contributed by atoms with Crippen molar-refractivity contribution in [3.8, 4) is 0 Å². The molecule has 2 rings (SSSR count). The summed E-state index contributed by atoms with van der Waals surface area (Å²) in [5, 5.41) is 73.0. The third-order valence-corrected chi connectivity index (χ3v) is 6.46. The average molecular weight is 512 g/mol. The topological polar surface area (TPSA) is 285 Å². The maximum atomic E-state index is 10.9. The molecule has 0 radical (unpaired) electrons. The van der Waals surface area contributed by atoms with Crippen molar-refractivity contribution in [2.45, 2.75) is 99.0 Å². The molecule has 0 spiro atoms. The molecule has 1 aliphatic carbocycles. The molecule has 0 aromatic carbocycles. The Morgan fingerprint density at radius 2 is 1.71 bits per heavy atom. The lowest BCUT2D eigenvalue weighted by molar-refractivity contribution is -0.270. The molecule has 1 heterocycles. The maximum Gasteiger partial charge on any atom is 0.320 e. The lowest BCUT2D eigenvalue weighted by atomic mass is 9.84. The van der Waals surface area contributed by atoms with E-state index in [0.717, 1.165) is 0 Å². The van der Waals surface area contributed by atoms with Gasteiger partial charge in [0.25, 0.3) is 0 Å². The summed E-state index contributed by atoms with van der Waals surface area (Å²) in [6.45, 7) is -0.349. The summed E-state index contributed by atoms with van der Waals surface area (Å²) in [7, 11) is 1.42. The minimum atomic E-state index is -1.85. The molecule has 7 unspecified atom stereocenters. The first-order chi connectivity index (χ1) is 16.4. The molecule has 2 fully saturated rings. The van der Waals surface area contributed by atoms with E-state index in [1.807, 2.05) is 0 Å². The van der Waals surface area contributed by atoms with Gasteiger partial charge < -0.3 is 78.2 Å². The first-order valence-electron chi connectivity index (χ1n) is 11.5. The Bertz CT molecular complexity index is 691. The third-order valence-electron chi connectivity index (χ3n) is 6.46. The second-order valence-electron chi connectivity index (χ2n) is 9.05. The van der Waals surface area contributed by atoms with Gasteiger partial charge in [-0.3, -0.25) is 0 Å². The van der Waals surface area contributed by atoms with E-state index < -0.39 is 85.0 Å². The van der Waals surface area contributed by atoms with Gasteiger partial charge in [-0.05, 0) is 32.7 Å². The fourth-order valence-electron chi connectivity index (χ4n) is 4.24. The zero-order chi connectivity index (χ0) is 26.4. The highest BCUT2D eigenvalue weighted by atomic mass is 16.7. The Kier molecular flexibility index (Phi) is 11.3. The van der Waals surface area contributed by atoms with Gasteiger partial charge in [0.05, 0.1) is 30.3 Å². The largest absolute Gasteiger partial charge is 0.505 e.